The van der Waals surface area contributed by atoms with Crippen LogP contribution in [-0.4, -0.2) is 19.1 Å². The minimum absolute atomic E-state index is 0.0945. The summed E-state index contributed by atoms with van der Waals surface area (Å²) < 4.78 is 5.16. The van der Waals surface area contributed by atoms with E-state index in [1.54, 1.807) is 0 Å². The second kappa shape index (κ2) is 6.19. The minimum atomic E-state index is -0.238. The third-order valence-corrected chi connectivity index (χ3v) is 5.06. The first-order chi connectivity index (χ1) is 11.8. The molecular weight excluding hydrogens is 300 g/mol. The van der Waals surface area contributed by atoms with Crippen LogP contribution in [0.15, 0.2) is 54.6 Å². The van der Waals surface area contributed by atoms with E-state index in [1.807, 2.05) is 42.5 Å². The van der Waals surface area contributed by atoms with E-state index in [0.717, 1.165) is 16.9 Å². The van der Waals surface area contributed by atoms with Crippen molar-refractivity contribution in [2.75, 3.05) is 17.7 Å². The first kappa shape index (κ1) is 15.1. The largest absolute Gasteiger partial charge is 0.469 e. The van der Waals surface area contributed by atoms with E-state index < -0.39 is 0 Å². The van der Waals surface area contributed by atoms with Gasteiger partial charge in [0, 0.05) is 17.4 Å². The van der Waals surface area contributed by atoms with Crippen molar-refractivity contribution in [3.8, 4) is 0 Å². The molecule has 0 bridgehead atoms. The SMILES string of the molecule is COC(=O)C1C(Nc2ccccc2)c2ccccc2NC1C1CC1. The van der Waals surface area contributed by atoms with Crippen LogP contribution in [0.3, 0.4) is 0 Å². The Morgan fingerprint density at radius 1 is 1.08 bits per heavy atom. The number of anilines is 2. The molecule has 0 radical (unpaired) electrons. The standard InChI is InChI=1S/C20H22N2O2/c1-24-20(23)17-18(13-11-12-13)22-16-10-6-5-9-15(16)19(17)21-14-7-3-2-4-8-14/h2-10,13,17-19,21-22H,11-12H2,1H3. The first-order valence-electron chi connectivity index (χ1n) is 8.53. The summed E-state index contributed by atoms with van der Waals surface area (Å²) in [7, 11) is 1.48. The van der Waals surface area contributed by atoms with Gasteiger partial charge in [-0.25, -0.2) is 0 Å². The van der Waals surface area contributed by atoms with Gasteiger partial charge in [0.15, 0.2) is 0 Å². The molecule has 4 rings (SSSR count). The van der Waals surface area contributed by atoms with Crippen LogP contribution in [0.5, 0.6) is 0 Å². The molecule has 1 saturated carbocycles. The lowest BCUT2D eigenvalue weighted by Crippen LogP contribution is -2.46. The maximum absolute atomic E-state index is 12.6. The average molecular weight is 322 g/mol. The molecule has 1 aliphatic carbocycles. The highest BCUT2D eigenvalue weighted by molar-refractivity contribution is 5.78. The molecule has 4 nitrogen and oxygen atoms in total. The Labute approximate surface area is 142 Å². The molecule has 2 aromatic carbocycles. The second-order valence-corrected chi connectivity index (χ2v) is 6.63. The Kier molecular flexibility index (Phi) is 3.89. The summed E-state index contributed by atoms with van der Waals surface area (Å²) in [5, 5.41) is 7.17. The van der Waals surface area contributed by atoms with Crippen molar-refractivity contribution in [2.24, 2.45) is 11.8 Å². The van der Waals surface area contributed by atoms with Crippen molar-refractivity contribution in [1.29, 1.82) is 0 Å². The first-order valence-corrected chi connectivity index (χ1v) is 8.53. The molecule has 2 aromatic rings. The smallest absolute Gasteiger partial charge is 0.313 e. The van der Waals surface area contributed by atoms with Crippen LogP contribution in [0.25, 0.3) is 0 Å². The van der Waals surface area contributed by atoms with E-state index in [-0.39, 0.29) is 24.0 Å². The number of benzene rings is 2. The van der Waals surface area contributed by atoms with Crippen LogP contribution in [0.2, 0.25) is 0 Å². The Bertz CT molecular complexity index is 727. The Morgan fingerprint density at radius 2 is 1.79 bits per heavy atom. The molecule has 0 aromatic heterocycles. The zero-order valence-corrected chi connectivity index (χ0v) is 13.7. The number of hydrogen-bond acceptors (Lipinski definition) is 4. The number of fused-ring (bicyclic) bond motifs is 1. The number of hydrogen-bond donors (Lipinski definition) is 2. The van der Waals surface area contributed by atoms with Crippen molar-refractivity contribution in [1.82, 2.24) is 0 Å². The lowest BCUT2D eigenvalue weighted by Gasteiger charge is -2.40. The summed E-state index contributed by atoms with van der Waals surface area (Å²) in [6.07, 6.45) is 2.34. The predicted molar refractivity (Wildman–Crippen MR) is 94.9 cm³/mol. The minimum Gasteiger partial charge on any atom is -0.469 e. The topological polar surface area (TPSA) is 50.4 Å². The van der Waals surface area contributed by atoms with Crippen molar-refractivity contribution in [3.63, 3.8) is 0 Å². The van der Waals surface area contributed by atoms with Crippen LogP contribution in [0.4, 0.5) is 11.4 Å². The quantitative estimate of drug-likeness (QED) is 0.840. The molecule has 124 valence electrons. The van der Waals surface area contributed by atoms with Crippen molar-refractivity contribution < 1.29 is 9.53 Å². The Balaban J connectivity index is 1.76. The lowest BCUT2D eigenvalue weighted by molar-refractivity contribution is -0.147. The fourth-order valence-electron chi connectivity index (χ4n) is 3.74. The summed E-state index contributed by atoms with van der Waals surface area (Å²) in [6, 6.07) is 18.3. The lowest BCUT2D eigenvalue weighted by atomic mass is 9.80. The third-order valence-electron chi connectivity index (χ3n) is 5.06. The van der Waals surface area contributed by atoms with Gasteiger partial charge in [0.05, 0.1) is 13.2 Å². The molecule has 1 fully saturated rings. The van der Waals surface area contributed by atoms with Crippen LogP contribution in [0, 0.1) is 11.8 Å². The van der Waals surface area contributed by atoms with E-state index in [0.29, 0.717) is 5.92 Å². The van der Waals surface area contributed by atoms with Gasteiger partial charge in [-0.05, 0) is 42.5 Å². The monoisotopic (exact) mass is 322 g/mol. The normalized spacial score (nSPS) is 25.3. The van der Waals surface area contributed by atoms with Crippen LogP contribution >= 0.6 is 0 Å². The highest BCUT2D eigenvalue weighted by Gasteiger charge is 2.48. The summed E-state index contributed by atoms with van der Waals surface area (Å²) in [4.78, 5) is 12.6. The number of carbonyl (C=O) groups excluding carboxylic acids is 1. The highest BCUT2D eigenvalue weighted by Crippen LogP contribution is 2.47. The Morgan fingerprint density at radius 3 is 2.50 bits per heavy atom. The number of esters is 1. The van der Waals surface area contributed by atoms with Crippen LogP contribution in [-0.2, 0) is 9.53 Å². The second-order valence-electron chi connectivity index (χ2n) is 6.63. The van der Waals surface area contributed by atoms with E-state index in [4.69, 9.17) is 4.74 Å². The van der Waals surface area contributed by atoms with Gasteiger partial charge < -0.3 is 15.4 Å². The van der Waals surface area contributed by atoms with Gasteiger partial charge in [-0.1, -0.05) is 36.4 Å². The molecule has 3 atom stereocenters. The number of para-hydroxylation sites is 2. The van der Waals surface area contributed by atoms with Gasteiger partial charge in [-0.3, -0.25) is 4.79 Å². The number of nitrogens with one attached hydrogen (secondary N) is 2. The maximum Gasteiger partial charge on any atom is 0.313 e. The number of carbonyl (C=O) groups is 1. The third kappa shape index (κ3) is 2.73. The van der Waals surface area contributed by atoms with E-state index in [1.165, 1.54) is 20.0 Å². The maximum atomic E-state index is 12.6. The summed E-state index contributed by atoms with van der Waals surface area (Å²) in [6.45, 7) is 0. The summed E-state index contributed by atoms with van der Waals surface area (Å²) in [5.74, 6) is 0.155. The highest BCUT2D eigenvalue weighted by atomic mass is 16.5. The molecule has 2 N–H and O–H groups in total. The van der Waals surface area contributed by atoms with Gasteiger partial charge >= 0.3 is 5.97 Å². The predicted octanol–water partition coefficient (Wildman–Crippen LogP) is 3.83. The zero-order valence-electron chi connectivity index (χ0n) is 13.7. The van der Waals surface area contributed by atoms with E-state index in [2.05, 4.69) is 22.8 Å². The Hall–Kier alpha value is -2.49. The molecule has 1 heterocycles. The van der Waals surface area contributed by atoms with Crippen molar-refractivity contribution in [2.45, 2.75) is 24.9 Å². The van der Waals surface area contributed by atoms with E-state index in [9.17, 15) is 4.79 Å². The van der Waals surface area contributed by atoms with Gasteiger partial charge in [0.2, 0.25) is 0 Å². The molecule has 24 heavy (non-hydrogen) atoms. The van der Waals surface area contributed by atoms with Gasteiger partial charge in [0.25, 0.3) is 0 Å². The number of ether oxygens (including phenoxy) is 1. The fourth-order valence-corrected chi connectivity index (χ4v) is 3.74. The summed E-state index contributed by atoms with van der Waals surface area (Å²) >= 11 is 0. The number of methoxy groups -OCH3 is 1. The molecule has 2 aliphatic rings. The molecule has 4 heteroatoms. The summed E-state index contributed by atoms with van der Waals surface area (Å²) in [5.41, 5.74) is 3.25. The molecule has 1 aliphatic heterocycles. The molecule has 0 saturated heterocycles. The average Bonchev–Trinajstić information content (AvgIpc) is 3.47. The van der Waals surface area contributed by atoms with Crippen LogP contribution < -0.4 is 10.6 Å². The van der Waals surface area contributed by atoms with Crippen LogP contribution in [0.1, 0.15) is 24.4 Å². The molecule has 0 spiro atoms. The van der Waals surface area contributed by atoms with Crippen molar-refractivity contribution >= 4 is 17.3 Å². The molecular formula is C20H22N2O2. The fraction of sp³-hybridized carbons (Fsp3) is 0.350. The van der Waals surface area contributed by atoms with Crippen molar-refractivity contribution in [3.05, 3.63) is 60.2 Å². The molecule has 3 unspecified atom stereocenters. The van der Waals surface area contributed by atoms with E-state index >= 15 is 0 Å². The zero-order chi connectivity index (χ0) is 16.5. The molecule has 0 amide bonds. The van der Waals surface area contributed by atoms with Gasteiger partial charge in [-0.15, -0.1) is 0 Å². The van der Waals surface area contributed by atoms with Gasteiger partial charge in [-0.2, -0.15) is 0 Å². The van der Waals surface area contributed by atoms with Gasteiger partial charge in [0.1, 0.15) is 5.92 Å². The number of rotatable bonds is 4.